The van der Waals surface area contributed by atoms with Gasteiger partial charge in [0.25, 0.3) is 0 Å². The van der Waals surface area contributed by atoms with Crippen molar-refractivity contribution in [2.75, 3.05) is 31.2 Å². The highest BCUT2D eigenvalue weighted by Gasteiger charge is 2.40. The van der Waals surface area contributed by atoms with Crippen LogP contribution in [0.15, 0.2) is 35.2 Å². The van der Waals surface area contributed by atoms with Crippen molar-refractivity contribution in [2.24, 2.45) is 0 Å². The normalized spacial score (nSPS) is 20.8. The number of carbonyl (C=O) groups is 1. The maximum absolute atomic E-state index is 12.3. The lowest BCUT2D eigenvalue weighted by Crippen LogP contribution is -2.45. The minimum Gasteiger partial charge on any atom is -0.363 e. The molecule has 7 heteroatoms. The molecule has 2 heterocycles. The SMILES string of the molecule is O=C(CCS(=O)(=O)c1ccccc1)N1CCC2(CC1)OCCS2. The van der Waals surface area contributed by atoms with Gasteiger partial charge in [0, 0.05) is 38.1 Å². The van der Waals surface area contributed by atoms with Crippen molar-refractivity contribution in [1.29, 1.82) is 0 Å². The van der Waals surface area contributed by atoms with Crippen LogP contribution in [0.5, 0.6) is 0 Å². The standard InChI is InChI=1S/C16H21NO4S2/c18-15(6-13-23(19,20)14-4-2-1-3-5-14)17-9-7-16(8-10-17)21-11-12-22-16/h1-5H,6-13H2. The number of amides is 1. The van der Waals surface area contributed by atoms with Gasteiger partial charge < -0.3 is 9.64 Å². The summed E-state index contributed by atoms with van der Waals surface area (Å²) in [6.45, 7) is 2.09. The second-order valence-corrected chi connectivity index (χ2v) is 9.42. The first-order valence-electron chi connectivity index (χ1n) is 7.84. The molecule has 23 heavy (non-hydrogen) atoms. The van der Waals surface area contributed by atoms with Crippen LogP contribution in [0.25, 0.3) is 0 Å². The van der Waals surface area contributed by atoms with E-state index in [0.29, 0.717) is 13.1 Å². The van der Waals surface area contributed by atoms with Crippen molar-refractivity contribution >= 4 is 27.5 Å². The molecule has 2 aliphatic rings. The molecule has 0 saturated carbocycles. The van der Waals surface area contributed by atoms with Crippen molar-refractivity contribution in [3.63, 3.8) is 0 Å². The van der Waals surface area contributed by atoms with E-state index in [9.17, 15) is 13.2 Å². The quantitative estimate of drug-likeness (QED) is 0.826. The third-order valence-corrected chi connectivity index (χ3v) is 7.53. The number of piperidine rings is 1. The van der Waals surface area contributed by atoms with Crippen LogP contribution in [0.2, 0.25) is 0 Å². The molecule has 1 amide bonds. The number of rotatable bonds is 4. The Morgan fingerprint density at radius 2 is 1.91 bits per heavy atom. The summed E-state index contributed by atoms with van der Waals surface area (Å²) in [5.41, 5.74) is 0. The van der Waals surface area contributed by atoms with Crippen LogP contribution < -0.4 is 0 Å². The highest BCUT2D eigenvalue weighted by Crippen LogP contribution is 2.41. The minimum absolute atomic E-state index is 0.0399. The van der Waals surface area contributed by atoms with Gasteiger partial charge in [0.15, 0.2) is 9.84 Å². The van der Waals surface area contributed by atoms with Crippen molar-refractivity contribution < 1.29 is 17.9 Å². The number of nitrogens with zero attached hydrogens (tertiary/aromatic N) is 1. The molecule has 0 unspecified atom stereocenters. The first-order valence-corrected chi connectivity index (χ1v) is 10.5. The Morgan fingerprint density at radius 3 is 2.52 bits per heavy atom. The van der Waals surface area contributed by atoms with Crippen molar-refractivity contribution in [3.05, 3.63) is 30.3 Å². The zero-order valence-corrected chi connectivity index (χ0v) is 14.6. The predicted molar refractivity (Wildman–Crippen MR) is 90.1 cm³/mol. The first-order chi connectivity index (χ1) is 11.0. The second kappa shape index (κ2) is 6.83. The van der Waals surface area contributed by atoms with E-state index in [1.54, 1.807) is 35.2 Å². The van der Waals surface area contributed by atoms with E-state index in [1.807, 2.05) is 11.8 Å². The van der Waals surface area contributed by atoms with E-state index >= 15 is 0 Å². The van der Waals surface area contributed by atoms with E-state index in [0.717, 1.165) is 25.2 Å². The lowest BCUT2D eigenvalue weighted by molar-refractivity contribution is -0.133. The van der Waals surface area contributed by atoms with Crippen LogP contribution in [0.1, 0.15) is 19.3 Å². The Hall–Kier alpha value is -1.05. The fraction of sp³-hybridized carbons (Fsp3) is 0.562. The molecule has 2 fully saturated rings. The Balaban J connectivity index is 1.52. The van der Waals surface area contributed by atoms with E-state index in [4.69, 9.17) is 4.74 Å². The molecule has 1 aromatic rings. The summed E-state index contributed by atoms with van der Waals surface area (Å²) in [6.07, 6.45) is 1.70. The van der Waals surface area contributed by atoms with Crippen LogP contribution in [-0.2, 0) is 19.4 Å². The number of likely N-dealkylation sites (tertiary alicyclic amines) is 1. The summed E-state index contributed by atoms with van der Waals surface area (Å²) in [7, 11) is -3.39. The maximum atomic E-state index is 12.3. The van der Waals surface area contributed by atoms with Gasteiger partial charge in [0.05, 0.1) is 17.3 Å². The molecule has 0 bridgehead atoms. The van der Waals surface area contributed by atoms with Gasteiger partial charge >= 0.3 is 0 Å². The molecule has 2 saturated heterocycles. The molecule has 126 valence electrons. The van der Waals surface area contributed by atoms with E-state index in [2.05, 4.69) is 0 Å². The Morgan fingerprint density at radius 1 is 1.22 bits per heavy atom. The molecule has 0 atom stereocenters. The van der Waals surface area contributed by atoms with Crippen LogP contribution in [0.3, 0.4) is 0 Å². The van der Waals surface area contributed by atoms with E-state index < -0.39 is 9.84 Å². The van der Waals surface area contributed by atoms with E-state index in [-0.39, 0.29) is 27.9 Å². The summed E-state index contributed by atoms with van der Waals surface area (Å²) in [4.78, 5) is 14.2. The second-order valence-electron chi connectivity index (χ2n) is 5.87. The van der Waals surface area contributed by atoms with Crippen LogP contribution in [0.4, 0.5) is 0 Å². The van der Waals surface area contributed by atoms with Crippen LogP contribution >= 0.6 is 11.8 Å². The Kier molecular flexibility index (Phi) is 4.98. The number of sulfone groups is 1. The monoisotopic (exact) mass is 355 g/mol. The Labute approximate surface area is 141 Å². The lowest BCUT2D eigenvalue weighted by atomic mass is 10.1. The number of ether oxygens (including phenoxy) is 1. The van der Waals surface area contributed by atoms with Crippen molar-refractivity contribution in [1.82, 2.24) is 4.90 Å². The van der Waals surface area contributed by atoms with Gasteiger partial charge in [-0.05, 0) is 12.1 Å². The van der Waals surface area contributed by atoms with Gasteiger partial charge in [-0.25, -0.2) is 8.42 Å². The summed E-state index contributed by atoms with van der Waals surface area (Å²) in [5.74, 6) is 0.800. The largest absolute Gasteiger partial charge is 0.363 e. The van der Waals surface area contributed by atoms with Gasteiger partial charge in [-0.1, -0.05) is 18.2 Å². The van der Waals surface area contributed by atoms with Gasteiger partial charge in [-0.2, -0.15) is 0 Å². The summed E-state index contributed by atoms with van der Waals surface area (Å²) in [5, 5.41) is 0. The molecule has 0 radical (unpaired) electrons. The fourth-order valence-corrected chi connectivity index (χ4v) is 5.44. The highest BCUT2D eigenvalue weighted by molar-refractivity contribution is 8.00. The lowest BCUT2D eigenvalue weighted by Gasteiger charge is -2.37. The predicted octanol–water partition coefficient (Wildman–Crippen LogP) is 1.93. The molecular weight excluding hydrogens is 334 g/mol. The van der Waals surface area contributed by atoms with E-state index in [1.165, 1.54) is 0 Å². The van der Waals surface area contributed by atoms with Gasteiger partial charge in [-0.3, -0.25) is 4.79 Å². The highest BCUT2D eigenvalue weighted by atomic mass is 32.2. The summed E-state index contributed by atoms with van der Waals surface area (Å²) < 4.78 is 30.3. The fourth-order valence-electron chi connectivity index (χ4n) is 3.01. The van der Waals surface area contributed by atoms with Crippen LogP contribution in [0, 0.1) is 0 Å². The van der Waals surface area contributed by atoms with Crippen molar-refractivity contribution in [2.45, 2.75) is 29.1 Å². The number of hydrogen-bond acceptors (Lipinski definition) is 5. The zero-order valence-electron chi connectivity index (χ0n) is 12.9. The van der Waals surface area contributed by atoms with Gasteiger partial charge in [-0.15, -0.1) is 11.8 Å². The van der Waals surface area contributed by atoms with Crippen LogP contribution in [-0.4, -0.2) is 55.4 Å². The molecule has 0 aliphatic carbocycles. The molecule has 0 N–H and O–H groups in total. The molecule has 0 aromatic heterocycles. The number of thioether (sulfide) groups is 1. The molecular formula is C16H21NO4S2. The molecule has 3 rings (SSSR count). The average Bonchev–Trinajstić information content (AvgIpc) is 3.02. The van der Waals surface area contributed by atoms with Crippen molar-refractivity contribution in [3.8, 4) is 0 Å². The third kappa shape index (κ3) is 3.89. The topological polar surface area (TPSA) is 63.7 Å². The van der Waals surface area contributed by atoms with Gasteiger partial charge in [0.2, 0.25) is 5.91 Å². The first kappa shape index (κ1) is 16.8. The number of hydrogen-bond donors (Lipinski definition) is 0. The average molecular weight is 355 g/mol. The molecule has 1 spiro atoms. The molecule has 2 aliphatic heterocycles. The number of carbonyl (C=O) groups excluding carboxylic acids is 1. The molecule has 1 aromatic carbocycles. The molecule has 5 nitrogen and oxygen atoms in total. The third-order valence-electron chi connectivity index (χ3n) is 4.38. The smallest absolute Gasteiger partial charge is 0.223 e. The van der Waals surface area contributed by atoms with Gasteiger partial charge in [0.1, 0.15) is 4.93 Å². The minimum atomic E-state index is -3.39. The zero-order chi connectivity index (χ0) is 16.3. The Bertz CT molecular complexity index is 644. The number of benzene rings is 1. The summed E-state index contributed by atoms with van der Waals surface area (Å²) >= 11 is 1.84. The maximum Gasteiger partial charge on any atom is 0.223 e. The summed E-state index contributed by atoms with van der Waals surface area (Å²) in [6, 6.07) is 8.30.